The van der Waals surface area contributed by atoms with Crippen LogP contribution < -0.4 is 5.32 Å². The summed E-state index contributed by atoms with van der Waals surface area (Å²) >= 11 is 0. The standard InChI is InChI=1S/C15H25NO/c1-7-17-15(4,5)14(16-6)13-10-8-9-11(2)12(13)3/h8-10,14,16H,7H2,1-6H3. The van der Waals surface area contributed by atoms with Gasteiger partial charge in [0.1, 0.15) is 0 Å². The van der Waals surface area contributed by atoms with E-state index >= 15 is 0 Å². The molecule has 1 unspecified atom stereocenters. The predicted octanol–water partition coefficient (Wildman–Crippen LogP) is 3.38. The van der Waals surface area contributed by atoms with Crippen molar-refractivity contribution in [2.45, 2.75) is 46.3 Å². The Balaban J connectivity index is 3.13. The number of nitrogens with one attached hydrogen (secondary N) is 1. The van der Waals surface area contributed by atoms with Crippen LogP contribution in [0.4, 0.5) is 0 Å². The largest absolute Gasteiger partial charge is 0.374 e. The van der Waals surface area contributed by atoms with E-state index in [4.69, 9.17) is 4.74 Å². The zero-order valence-electron chi connectivity index (χ0n) is 11.9. The van der Waals surface area contributed by atoms with Crippen molar-refractivity contribution in [2.24, 2.45) is 0 Å². The van der Waals surface area contributed by atoms with Crippen LogP contribution in [0.3, 0.4) is 0 Å². The number of ether oxygens (including phenoxy) is 1. The molecule has 0 fully saturated rings. The fraction of sp³-hybridized carbons (Fsp3) is 0.600. The van der Waals surface area contributed by atoms with E-state index in [-0.39, 0.29) is 11.6 Å². The highest BCUT2D eigenvalue weighted by Gasteiger charge is 2.31. The normalized spacial score (nSPS) is 13.8. The van der Waals surface area contributed by atoms with Gasteiger partial charge in [-0.05, 0) is 58.4 Å². The van der Waals surface area contributed by atoms with Crippen LogP contribution in [0, 0.1) is 13.8 Å². The van der Waals surface area contributed by atoms with Crippen molar-refractivity contribution >= 4 is 0 Å². The van der Waals surface area contributed by atoms with Crippen LogP contribution in [-0.2, 0) is 4.74 Å². The maximum absolute atomic E-state index is 5.87. The summed E-state index contributed by atoms with van der Waals surface area (Å²) < 4.78 is 5.87. The third kappa shape index (κ3) is 3.08. The van der Waals surface area contributed by atoms with E-state index in [0.29, 0.717) is 0 Å². The number of likely N-dealkylation sites (N-methyl/N-ethyl adjacent to an activating group) is 1. The molecule has 0 saturated carbocycles. The van der Waals surface area contributed by atoms with Gasteiger partial charge in [0.15, 0.2) is 0 Å². The molecule has 2 nitrogen and oxygen atoms in total. The third-order valence-electron chi connectivity index (χ3n) is 3.46. The number of hydrogen-bond acceptors (Lipinski definition) is 2. The summed E-state index contributed by atoms with van der Waals surface area (Å²) in [5, 5.41) is 3.39. The molecular weight excluding hydrogens is 210 g/mol. The average molecular weight is 235 g/mol. The van der Waals surface area contributed by atoms with Crippen molar-refractivity contribution in [3.8, 4) is 0 Å². The molecule has 0 aliphatic carbocycles. The van der Waals surface area contributed by atoms with E-state index in [1.165, 1.54) is 16.7 Å². The summed E-state index contributed by atoms with van der Waals surface area (Å²) in [6, 6.07) is 6.66. The lowest BCUT2D eigenvalue weighted by Gasteiger charge is -2.35. The van der Waals surface area contributed by atoms with Crippen molar-refractivity contribution in [2.75, 3.05) is 13.7 Å². The molecule has 0 aliphatic heterocycles. The quantitative estimate of drug-likeness (QED) is 0.844. The van der Waals surface area contributed by atoms with Crippen molar-refractivity contribution in [1.82, 2.24) is 5.32 Å². The lowest BCUT2D eigenvalue weighted by Crippen LogP contribution is -2.40. The topological polar surface area (TPSA) is 21.3 Å². The smallest absolute Gasteiger partial charge is 0.0820 e. The predicted molar refractivity (Wildman–Crippen MR) is 73.4 cm³/mol. The Morgan fingerprint density at radius 2 is 1.94 bits per heavy atom. The minimum Gasteiger partial charge on any atom is -0.374 e. The van der Waals surface area contributed by atoms with Gasteiger partial charge in [-0.3, -0.25) is 0 Å². The van der Waals surface area contributed by atoms with E-state index in [1.54, 1.807) is 0 Å². The summed E-state index contributed by atoms with van der Waals surface area (Å²) in [5.41, 5.74) is 3.79. The molecule has 1 N–H and O–H groups in total. The highest BCUT2D eigenvalue weighted by Crippen LogP contribution is 2.31. The van der Waals surface area contributed by atoms with Gasteiger partial charge in [-0.15, -0.1) is 0 Å². The van der Waals surface area contributed by atoms with Gasteiger partial charge < -0.3 is 10.1 Å². The summed E-state index contributed by atoms with van der Waals surface area (Å²) in [5.74, 6) is 0. The molecule has 0 saturated heterocycles. The number of aryl methyl sites for hydroxylation is 1. The molecule has 1 atom stereocenters. The van der Waals surface area contributed by atoms with Gasteiger partial charge >= 0.3 is 0 Å². The monoisotopic (exact) mass is 235 g/mol. The lowest BCUT2D eigenvalue weighted by atomic mass is 9.87. The van der Waals surface area contributed by atoms with E-state index in [2.05, 4.69) is 51.2 Å². The van der Waals surface area contributed by atoms with Gasteiger partial charge in [0, 0.05) is 6.61 Å². The molecule has 2 heteroatoms. The highest BCUT2D eigenvalue weighted by atomic mass is 16.5. The van der Waals surface area contributed by atoms with Gasteiger partial charge in [-0.1, -0.05) is 18.2 Å². The first-order chi connectivity index (χ1) is 7.94. The lowest BCUT2D eigenvalue weighted by molar-refractivity contribution is -0.0376. The molecule has 1 aromatic carbocycles. The zero-order valence-corrected chi connectivity index (χ0v) is 11.9. The van der Waals surface area contributed by atoms with E-state index < -0.39 is 0 Å². The van der Waals surface area contributed by atoms with E-state index in [1.807, 2.05) is 14.0 Å². The van der Waals surface area contributed by atoms with Crippen LogP contribution in [0.15, 0.2) is 18.2 Å². The molecule has 1 rings (SSSR count). The molecule has 0 bridgehead atoms. The van der Waals surface area contributed by atoms with Crippen molar-refractivity contribution in [3.05, 3.63) is 34.9 Å². The summed E-state index contributed by atoms with van der Waals surface area (Å²) in [4.78, 5) is 0. The van der Waals surface area contributed by atoms with Crippen LogP contribution in [0.5, 0.6) is 0 Å². The van der Waals surface area contributed by atoms with Crippen LogP contribution in [0.2, 0.25) is 0 Å². The number of hydrogen-bond donors (Lipinski definition) is 1. The van der Waals surface area contributed by atoms with Crippen molar-refractivity contribution < 1.29 is 4.74 Å². The second kappa shape index (κ2) is 5.65. The van der Waals surface area contributed by atoms with Gasteiger partial charge in [-0.2, -0.15) is 0 Å². The molecule has 0 heterocycles. The van der Waals surface area contributed by atoms with Crippen LogP contribution in [0.25, 0.3) is 0 Å². The number of benzene rings is 1. The second-order valence-electron chi connectivity index (χ2n) is 5.05. The Kier molecular flexibility index (Phi) is 4.72. The van der Waals surface area contributed by atoms with Crippen LogP contribution >= 0.6 is 0 Å². The van der Waals surface area contributed by atoms with E-state index in [0.717, 1.165) is 6.61 Å². The summed E-state index contributed by atoms with van der Waals surface area (Å²) in [6.45, 7) is 11.4. The Morgan fingerprint density at radius 1 is 1.29 bits per heavy atom. The first kappa shape index (κ1) is 14.2. The van der Waals surface area contributed by atoms with Gasteiger partial charge in [0.05, 0.1) is 11.6 Å². The summed E-state index contributed by atoms with van der Waals surface area (Å²) in [7, 11) is 1.99. The molecule has 17 heavy (non-hydrogen) atoms. The maximum atomic E-state index is 5.87. The molecule has 1 aromatic rings. The van der Waals surface area contributed by atoms with Gasteiger partial charge in [-0.25, -0.2) is 0 Å². The fourth-order valence-corrected chi connectivity index (χ4v) is 2.42. The van der Waals surface area contributed by atoms with E-state index in [9.17, 15) is 0 Å². The third-order valence-corrected chi connectivity index (χ3v) is 3.46. The van der Waals surface area contributed by atoms with Gasteiger partial charge in [0.2, 0.25) is 0 Å². The highest BCUT2D eigenvalue weighted by molar-refractivity contribution is 5.36. The first-order valence-corrected chi connectivity index (χ1v) is 6.31. The first-order valence-electron chi connectivity index (χ1n) is 6.31. The Morgan fingerprint density at radius 3 is 2.47 bits per heavy atom. The van der Waals surface area contributed by atoms with Crippen LogP contribution in [-0.4, -0.2) is 19.3 Å². The minimum absolute atomic E-state index is 0.206. The number of rotatable bonds is 5. The van der Waals surface area contributed by atoms with Crippen molar-refractivity contribution in [3.63, 3.8) is 0 Å². The summed E-state index contributed by atoms with van der Waals surface area (Å²) in [6.07, 6.45) is 0. The Bertz CT molecular complexity index is 371. The Hall–Kier alpha value is -0.860. The van der Waals surface area contributed by atoms with Crippen molar-refractivity contribution in [1.29, 1.82) is 0 Å². The minimum atomic E-state index is -0.206. The molecule has 96 valence electrons. The molecule has 0 aliphatic rings. The molecule has 0 amide bonds. The molecule has 0 aromatic heterocycles. The van der Waals surface area contributed by atoms with Crippen LogP contribution in [0.1, 0.15) is 43.5 Å². The Labute approximate surface area is 105 Å². The fourth-order valence-electron chi connectivity index (χ4n) is 2.42. The molecule has 0 spiro atoms. The maximum Gasteiger partial charge on any atom is 0.0820 e. The average Bonchev–Trinajstić information content (AvgIpc) is 2.24. The van der Waals surface area contributed by atoms with Gasteiger partial charge in [0.25, 0.3) is 0 Å². The SMILES string of the molecule is CCOC(C)(C)C(NC)c1cccc(C)c1C. The molecule has 0 radical (unpaired) electrons. The molecular formula is C15H25NO. The zero-order chi connectivity index (χ0) is 13.1. The second-order valence-corrected chi connectivity index (χ2v) is 5.05.